The van der Waals surface area contributed by atoms with Gasteiger partial charge in [-0.15, -0.1) is 0 Å². The number of hydrogen-bond donors (Lipinski definition) is 0. The average molecular weight is 285 g/mol. The largest absolute Gasteiger partial charge is 0.458 e. The van der Waals surface area contributed by atoms with Crippen LogP contribution >= 0.6 is 8.58 Å². The van der Waals surface area contributed by atoms with Gasteiger partial charge in [0.1, 0.15) is 6.61 Å². The van der Waals surface area contributed by atoms with E-state index in [1.165, 1.54) is 5.30 Å². The molecule has 0 bridgehead atoms. The summed E-state index contributed by atoms with van der Waals surface area (Å²) in [4.78, 5) is 16.0. The first-order valence-electron chi connectivity index (χ1n) is 6.31. The predicted octanol–water partition coefficient (Wildman–Crippen LogP) is 2.93. The maximum atomic E-state index is 11.7. The van der Waals surface area contributed by atoms with E-state index >= 15 is 0 Å². The molecule has 0 aliphatic heterocycles. The van der Waals surface area contributed by atoms with Crippen molar-refractivity contribution in [3.05, 3.63) is 72.6 Å². The maximum Gasteiger partial charge on any atom is 0.338 e. The second kappa shape index (κ2) is 7.56. The smallest absolute Gasteiger partial charge is 0.338 e. The molecule has 0 aliphatic carbocycles. The molecule has 4 heteroatoms. The van der Waals surface area contributed by atoms with Crippen LogP contribution < -0.4 is 5.30 Å². The van der Waals surface area contributed by atoms with E-state index in [0.29, 0.717) is 14.1 Å². The highest BCUT2D eigenvalue weighted by atomic mass is 31.1. The van der Waals surface area contributed by atoms with Crippen LogP contribution in [-0.4, -0.2) is 17.6 Å². The van der Waals surface area contributed by atoms with E-state index in [0.717, 1.165) is 11.9 Å². The molecule has 0 radical (unpaired) electrons. The second-order valence-corrected chi connectivity index (χ2v) is 5.43. The molecule has 102 valence electrons. The number of carbonyl (C=O) groups excluding carboxylic acids is 1. The van der Waals surface area contributed by atoms with Crippen molar-refractivity contribution in [1.29, 1.82) is 0 Å². The monoisotopic (exact) mass is 285 g/mol. The number of rotatable bonds is 6. The minimum absolute atomic E-state index is 0.224. The average Bonchev–Trinajstić information content (AvgIpc) is 2.52. The molecule has 20 heavy (non-hydrogen) atoms. The summed E-state index contributed by atoms with van der Waals surface area (Å²) in [6, 6.07) is 13.7. The fourth-order valence-electron chi connectivity index (χ4n) is 1.67. The third-order valence-corrected chi connectivity index (χ3v) is 3.91. The van der Waals surface area contributed by atoms with E-state index in [2.05, 4.69) is 23.7 Å². The van der Waals surface area contributed by atoms with E-state index in [1.807, 2.05) is 18.2 Å². The van der Waals surface area contributed by atoms with Gasteiger partial charge in [-0.05, 0) is 17.4 Å². The normalized spacial score (nSPS) is 10.6. The number of carbonyl (C=O) groups is 1. The van der Waals surface area contributed by atoms with Gasteiger partial charge in [-0.1, -0.05) is 51.6 Å². The first-order valence-corrected chi connectivity index (χ1v) is 7.52. The Hall–Kier alpha value is -1.99. The Morgan fingerprint density at radius 1 is 1.30 bits per heavy atom. The summed E-state index contributed by atoms with van der Waals surface area (Å²) in [5.74, 6) is -0.336. The van der Waals surface area contributed by atoms with Crippen LogP contribution in [0.3, 0.4) is 0 Å². The van der Waals surface area contributed by atoms with Crippen LogP contribution in [0, 0.1) is 0 Å². The van der Waals surface area contributed by atoms with Crippen LogP contribution in [-0.2, 0) is 10.9 Å². The summed E-state index contributed by atoms with van der Waals surface area (Å²) in [6.07, 6.45) is 4.03. The van der Waals surface area contributed by atoms with Crippen molar-refractivity contribution < 1.29 is 9.53 Å². The Balaban J connectivity index is 1.99. The molecule has 1 atom stereocenters. The van der Waals surface area contributed by atoms with Crippen molar-refractivity contribution >= 4 is 19.9 Å². The lowest BCUT2D eigenvalue weighted by Gasteiger charge is -2.05. The molecule has 1 aromatic carbocycles. The van der Waals surface area contributed by atoms with Gasteiger partial charge in [-0.25, -0.2) is 4.79 Å². The molecule has 0 aliphatic rings. The van der Waals surface area contributed by atoms with Crippen LogP contribution in [0.4, 0.5) is 0 Å². The summed E-state index contributed by atoms with van der Waals surface area (Å²) in [5, 5.41) is 1.29. The highest BCUT2D eigenvalue weighted by molar-refractivity contribution is 7.46. The van der Waals surface area contributed by atoms with Crippen LogP contribution in [0.1, 0.15) is 16.1 Å². The van der Waals surface area contributed by atoms with Crippen LogP contribution in [0.25, 0.3) is 0 Å². The molecular weight excluding hydrogens is 269 g/mol. The topological polar surface area (TPSA) is 39.2 Å². The number of esters is 1. The van der Waals surface area contributed by atoms with Gasteiger partial charge in [0.05, 0.1) is 5.56 Å². The molecule has 0 spiro atoms. The lowest BCUT2D eigenvalue weighted by Crippen LogP contribution is -2.06. The minimum atomic E-state index is -0.336. The molecule has 0 N–H and O–H groups in total. The van der Waals surface area contributed by atoms with Gasteiger partial charge in [0, 0.05) is 18.1 Å². The van der Waals surface area contributed by atoms with Crippen molar-refractivity contribution in [2.24, 2.45) is 0 Å². The van der Waals surface area contributed by atoms with Crippen molar-refractivity contribution in [2.45, 2.75) is 6.16 Å². The Kier molecular flexibility index (Phi) is 5.45. The zero-order valence-corrected chi connectivity index (χ0v) is 12.1. The van der Waals surface area contributed by atoms with Gasteiger partial charge in [-0.2, -0.15) is 0 Å². The standard InChI is InChI=1S/C16H16NO2P/c1-2-10-19-16(18)13-8-9-17-14(11-13)12-20-15-6-4-3-5-7-15/h2-9,11,20H,1,10,12H2. The van der Waals surface area contributed by atoms with Crippen LogP contribution in [0.5, 0.6) is 0 Å². The molecule has 1 heterocycles. The summed E-state index contributed by atoms with van der Waals surface area (Å²) in [7, 11) is 0.642. The van der Waals surface area contributed by atoms with E-state index in [1.54, 1.807) is 24.4 Å². The van der Waals surface area contributed by atoms with Crippen molar-refractivity contribution in [3.8, 4) is 0 Å². The molecule has 0 saturated heterocycles. The zero-order chi connectivity index (χ0) is 14.2. The fourth-order valence-corrected chi connectivity index (χ4v) is 2.68. The summed E-state index contributed by atoms with van der Waals surface area (Å²) < 4.78 is 5.01. The van der Waals surface area contributed by atoms with Gasteiger partial charge < -0.3 is 4.74 Å². The van der Waals surface area contributed by atoms with Gasteiger partial charge in [0.25, 0.3) is 0 Å². The lowest BCUT2D eigenvalue weighted by atomic mass is 10.2. The third-order valence-electron chi connectivity index (χ3n) is 2.63. The molecule has 1 aromatic heterocycles. The Morgan fingerprint density at radius 3 is 2.85 bits per heavy atom. The van der Waals surface area contributed by atoms with Crippen LogP contribution in [0.2, 0.25) is 0 Å². The molecule has 0 fully saturated rings. The highest BCUT2D eigenvalue weighted by Crippen LogP contribution is 2.17. The molecular formula is C16H16NO2P. The Morgan fingerprint density at radius 2 is 2.10 bits per heavy atom. The third kappa shape index (κ3) is 4.29. The number of benzene rings is 1. The number of ether oxygens (including phenoxy) is 1. The summed E-state index contributed by atoms with van der Waals surface area (Å²) in [6.45, 7) is 3.74. The van der Waals surface area contributed by atoms with Crippen molar-refractivity contribution in [2.75, 3.05) is 6.61 Å². The quantitative estimate of drug-likeness (QED) is 0.465. The molecule has 1 unspecified atom stereocenters. The molecule has 3 nitrogen and oxygen atoms in total. The van der Waals surface area contributed by atoms with Gasteiger partial charge in [0.15, 0.2) is 0 Å². The molecule has 2 rings (SSSR count). The number of pyridine rings is 1. The lowest BCUT2D eigenvalue weighted by molar-refractivity contribution is 0.0549. The Bertz CT molecular complexity index is 584. The predicted molar refractivity (Wildman–Crippen MR) is 82.8 cm³/mol. The van der Waals surface area contributed by atoms with Gasteiger partial charge >= 0.3 is 5.97 Å². The second-order valence-electron chi connectivity index (χ2n) is 4.14. The van der Waals surface area contributed by atoms with Gasteiger partial charge in [-0.3, -0.25) is 4.98 Å². The van der Waals surface area contributed by atoms with E-state index in [-0.39, 0.29) is 12.6 Å². The van der Waals surface area contributed by atoms with Crippen molar-refractivity contribution in [1.82, 2.24) is 4.98 Å². The molecule has 2 aromatic rings. The van der Waals surface area contributed by atoms with Crippen LogP contribution in [0.15, 0.2) is 61.3 Å². The molecule has 0 saturated carbocycles. The minimum Gasteiger partial charge on any atom is -0.458 e. The fraction of sp³-hybridized carbons (Fsp3) is 0.125. The maximum absolute atomic E-state index is 11.7. The Labute approximate surface area is 120 Å². The number of nitrogens with zero attached hydrogens (tertiary/aromatic N) is 1. The SMILES string of the molecule is C=CCOC(=O)c1ccnc(CPc2ccccc2)c1. The first kappa shape index (κ1) is 14.4. The summed E-state index contributed by atoms with van der Waals surface area (Å²) >= 11 is 0. The number of aromatic nitrogens is 1. The number of hydrogen-bond acceptors (Lipinski definition) is 3. The molecule has 0 amide bonds. The highest BCUT2D eigenvalue weighted by Gasteiger charge is 2.07. The van der Waals surface area contributed by atoms with E-state index in [4.69, 9.17) is 4.74 Å². The zero-order valence-electron chi connectivity index (χ0n) is 11.1. The van der Waals surface area contributed by atoms with E-state index < -0.39 is 0 Å². The van der Waals surface area contributed by atoms with E-state index in [9.17, 15) is 4.79 Å². The first-order chi connectivity index (χ1) is 9.79. The summed E-state index contributed by atoms with van der Waals surface area (Å²) in [5.41, 5.74) is 1.44. The van der Waals surface area contributed by atoms with Crippen molar-refractivity contribution in [3.63, 3.8) is 0 Å². The van der Waals surface area contributed by atoms with Gasteiger partial charge in [0.2, 0.25) is 0 Å².